The zero-order valence-corrected chi connectivity index (χ0v) is 15.0. The Morgan fingerprint density at radius 3 is 2.38 bits per heavy atom. The highest BCUT2D eigenvalue weighted by molar-refractivity contribution is 6.00. The molecule has 0 N–H and O–H groups in total. The topological polar surface area (TPSA) is 29.5 Å². The van der Waals surface area contributed by atoms with Crippen LogP contribution in [0.15, 0.2) is 72.8 Å². The molecule has 1 atom stereocenters. The third-order valence-electron chi connectivity index (χ3n) is 4.95. The van der Waals surface area contributed by atoms with Crippen LogP contribution < -0.4 is 4.74 Å². The van der Waals surface area contributed by atoms with Crippen LogP contribution >= 0.6 is 0 Å². The molecule has 4 rings (SSSR count). The van der Waals surface area contributed by atoms with Gasteiger partial charge in [-0.05, 0) is 41.8 Å². The van der Waals surface area contributed by atoms with Crippen molar-refractivity contribution in [3.63, 3.8) is 0 Å². The molecule has 3 aromatic rings. The minimum Gasteiger partial charge on any atom is -0.497 e. The third-order valence-corrected chi connectivity index (χ3v) is 4.95. The van der Waals surface area contributed by atoms with Crippen molar-refractivity contribution in [2.45, 2.75) is 19.5 Å². The Balaban J connectivity index is 1.81. The van der Waals surface area contributed by atoms with Crippen molar-refractivity contribution in [3.8, 4) is 5.75 Å². The minimum absolute atomic E-state index is 0.0667. The molecule has 3 aromatic carbocycles. The van der Waals surface area contributed by atoms with E-state index in [1.54, 1.807) is 7.11 Å². The van der Waals surface area contributed by atoms with Crippen molar-refractivity contribution in [1.82, 2.24) is 4.90 Å². The van der Waals surface area contributed by atoms with E-state index in [1.807, 2.05) is 41.3 Å². The average molecular weight is 343 g/mol. The first-order chi connectivity index (χ1) is 12.7. The molecule has 0 saturated heterocycles. The molecular formula is C23H21NO2. The van der Waals surface area contributed by atoms with Crippen LogP contribution in [0.4, 0.5) is 0 Å². The summed E-state index contributed by atoms with van der Waals surface area (Å²) in [4.78, 5) is 15.1. The summed E-state index contributed by atoms with van der Waals surface area (Å²) in [5.41, 5.74) is 5.21. The predicted octanol–water partition coefficient (Wildman–Crippen LogP) is 4.75. The van der Waals surface area contributed by atoms with Gasteiger partial charge < -0.3 is 9.64 Å². The number of amides is 1. The molecule has 3 nitrogen and oxygen atoms in total. The zero-order valence-electron chi connectivity index (χ0n) is 15.0. The van der Waals surface area contributed by atoms with Gasteiger partial charge in [0.1, 0.15) is 5.75 Å². The molecule has 3 heteroatoms. The van der Waals surface area contributed by atoms with E-state index in [-0.39, 0.29) is 11.9 Å². The van der Waals surface area contributed by atoms with Gasteiger partial charge in [0.15, 0.2) is 0 Å². The zero-order chi connectivity index (χ0) is 18.1. The van der Waals surface area contributed by atoms with Crippen LogP contribution in [0.25, 0.3) is 0 Å². The minimum atomic E-state index is -0.103. The first-order valence-corrected chi connectivity index (χ1v) is 8.77. The van der Waals surface area contributed by atoms with E-state index in [0.29, 0.717) is 6.54 Å². The number of hydrogen-bond acceptors (Lipinski definition) is 2. The summed E-state index contributed by atoms with van der Waals surface area (Å²) in [7, 11) is 1.65. The van der Waals surface area contributed by atoms with Gasteiger partial charge >= 0.3 is 0 Å². The molecule has 130 valence electrons. The van der Waals surface area contributed by atoms with E-state index in [4.69, 9.17) is 4.74 Å². The van der Waals surface area contributed by atoms with E-state index in [1.165, 1.54) is 5.56 Å². The maximum absolute atomic E-state index is 13.1. The molecular weight excluding hydrogens is 322 g/mol. The van der Waals surface area contributed by atoms with Crippen LogP contribution in [0.2, 0.25) is 0 Å². The molecule has 0 spiro atoms. The predicted molar refractivity (Wildman–Crippen MR) is 102 cm³/mol. The highest BCUT2D eigenvalue weighted by Crippen LogP contribution is 2.41. The molecule has 0 aromatic heterocycles. The number of carbonyl (C=O) groups is 1. The number of benzene rings is 3. The molecule has 0 saturated carbocycles. The normalized spacial score (nSPS) is 15.8. The standard InChI is InChI=1S/C23H21NO2/c1-16-8-10-18(11-9-16)22-21-14-19(26-2)12-13-20(21)23(25)24(22)15-17-6-4-3-5-7-17/h3-14,22H,15H2,1-2H3. The smallest absolute Gasteiger partial charge is 0.255 e. The summed E-state index contributed by atoms with van der Waals surface area (Å²) >= 11 is 0. The second kappa shape index (κ2) is 6.68. The Hall–Kier alpha value is -3.07. The van der Waals surface area contributed by atoms with E-state index < -0.39 is 0 Å². The maximum atomic E-state index is 13.1. The van der Waals surface area contributed by atoms with Crippen LogP contribution in [0, 0.1) is 6.92 Å². The summed E-state index contributed by atoms with van der Waals surface area (Å²) in [5, 5.41) is 0. The molecule has 0 radical (unpaired) electrons. The molecule has 1 aliphatic rings. The number of nitrogens with zero attached hydrogens (tertiary/aromatic N) is 1. The lowest BCUT2D eigenvalue weighted by atomic mass is 9.96. The van der Waals surface area contributed by atoms with Crippen molar-refractivity contribution in [2.75, 3.05) is 7.11 Å². The largest absolute Gasteiger partial charge is 0.497 e. The number of ether oxygens (including phenoxy) is 1. The molecule has 1 unspecified atom stereocenters. The van der Waals surface area contributed by atoms with E-state index in [2.05, 4.69) is 43.3 Å². The summed E-state index contributed by atoms with van der Waals surface area (Å²) in [6, 6.07) is 24.2. The second-order valence-corrected chi connectivity index (χ2v) is 6.69. The van der Waals surface area contributed by atoms with Gasteiger partial charge in [0.2, 0.25) is 0 Å². The van der Waals surface area contributed by atoms with Gasteiger partial charge in [-0.1, -0.05) is 60.2 Å². The van der Waals surface area contributed by atoms with E-state index >= 15 is 0 Å². The van der Waals surface area contributed by atoms with Crippen LogP contribution in [-0.2, 0) is 6.54 Å². The van der Waals surface area contributed by atoms with Crippen molar-refractivity contribution in [3.05, 3.63) is 101 Å². The first kappa shape index (κ1) is 16.4. The molecule has 1 heterocycles. The van der Waals surface area contributed by atoms with E-state index in [0.717, 1.165) is 28.0 Å². The van der Waals surface area contributed by atoms with Gasteiger partial charge in [0, 0.05) is 12.1 Å². The van der Waals surface area contributed by atoms with Gasteiger partial charge in [-0.15, -0.1) is 0 Å². The lowest BCUT2D eigenvalue weighted by Crippen LogP contribution is -2.28. The monoisotopic (exact) mass is 343 g/mol. The molecule has 0 aliphatic carbocycles. The van der Waals surface area contributed by atoms with Crippen molar-refractivity contribution >= 4 is 5.91 Å². The van der Waals surface area contributed by atoms with Crippen molar-refractivity contribution in [2.24, 2.45) is 0 Å². The Kier molecular flexibility index (Phi) is 4.21. The number of fused-ring (bicyclic) bond motifs is 1. The molecule has 1 amide bonds. The summed E-state index contributed by atoms with van der Waals surface area (Å²) in [6.07, 6.45) is 0. The SMILES string of the molecule is COc1ccc2c(c1)C(c1ccc(C)cc1)N(Cc1ccccc1)C2=O. The highest BCUT2D eigenvalue weighted by atomic mass is 16.5. The Labute approximate surface area is 153 Å². The number of aryl methyl sites for hydroxylation is 1. The summed E-state index contributed by atoms with van der Waals surface area (Å²) in [6.45, 7) is 2.65. The number of methoxy groups -OCH3 is 1. The fourth-order valence-corrected chi connectivity index (χ4v) is 3.58. The number of rotatable bonds is 4. The van der Waals surface area contributed by atoms with Gasteiger partial charge in [-0.3, -0.25) is 4.79 Å². The Morgan fingerprint density at radius 1 is 0.962 bits per heavy atom. The lowest BCUT2D eigenvalue weighted by molar-refractivity contribution is 0.0736. The fraction of sp³-hybridized carbons (Fsp3) is 0.174. The average Bonchev–Trinajstić information content (AvgIpc) is 2.95. The van der Waals surface area contributed by atoms with Crippen molar-refractivity contribution in [1.29, 1.82) is 0 Å². The number of hydrogen-bond donors (Lipinski definition) is 0. The quantitative estimate of drug-likeness (QED) is 0.684. The van der Waals surface area contributed by atoms with Crippen LogP contribution in [0.1, 0.15) is 38.7 Å². The van der Waals surface area contributed by atoms with Gasteiger partial charge in [0.25, 0.3) is 5.91 Å². The van der Waals surface area contributed by atoms with Gasteiger partial charge in [-0.25, -0.2) is 0 Å². The third kappa shape index (κ3) is 2.86. The lowest BCUT2D eigenvalue weighted by Gasteiger charge is -2.26. The maximum Gasteiger partial charge on any atom is 0.255 e. The van der Waals surface area contributed by atoms with E-state index in [9.17, 15) is 4.79 Å². The summed E-state index contributed by atoms with van der Waals surface area (Å²) in [5.74, 6) is 0.840. The van der Waals surface area contributed by atoms with Crippen LogP contribution in [0.5, 0.6) is 5.75 Å². The fourth-order valence-electron chi connectivity index (χ4n) is 3.58. The molecule has 1 aliphatic heterocycles. The highest BCUT2D eigenvalue weighted by Gasteiger charge is 2.37. The van der Waals surface area contributed by atoms with Gasteiger partial charge in [-0.2, -0.15) is 0 Å². The molecule has 26 heavy (non-hydrogen) atoms. The first-order valence-electron chi connectivity index (χ1n) is 8.77. The Bertz CT molecular complexity index is 932. The Morgan fingerprint density at radius 2 is 1.69 bits per heavy atom. The molecule has 0 fully saturated rings. The molecule has 0 bridgehead atoms. The van der Waals surface area contributed by atoms with Crippen LogP contribution in [0.3, 0.4) is 0 Å². The van der Waals surface area contributed by atoms with Crippen LogP contribution in [-0.4, -0.2) is 17.9 Å². The number of carbonyl (C=O) groups excluding carboxylic acids is 1. The van der Waals surface area contributed by atoms with Gasteiger partial charge in [0.05, 0.1) is 13.2 Å². The summed E-state index contributed by atoms with van der Waals surface area (Å²) < 4.78 is 5.40. The van der Waals surface area contributed by atoms with Crippen molar-refractivity contribution < 1.29 is 9.53 Å². The second-order valence-electron chi connectivity index (χ2n) is 6.69.